The number of rotatable bonds is 10. The highest BCUT2D eigenvalue weighted by molar-refractivity contribution is 7.92. The number of hydrogen-bond acceptors (Lipinski definition) is 4. The van der Waals surface area contributed by atoms with Crippen LogP contribution in [0.25, 0.3) is 0 Å². The molecular formula is C27H31N3O4S. The Labute approximate surface area is 207 Å². The summed E-state index contributed by atoms with van der Waals surface area (Å²) in [4.78, 5) is 25.9. The molecule has 0 aliphatic heterocycles. The molecule has 0 saturated carbocycles. The van der Waals surface area contributed by atoms with Crippen LogP contribution in [-0.4, -0.2) is 32.8 Å². The Kier molecular flexibility index (Phi) is 8.65. The van der Waals surface area contributed by atoms with Gasteiger partial charge in [-0.15, -0.1) is 0 Å². The number of nitrogens with zero attached hydrogens (tertiary/aromatic N) is 1. The molecule has 2 amide bonds. The van der Waals surface area contributed by atoms with Gasteiger partial charge in [0.25, 0.3) is 15.9 Å². The molecule has 0 heterocycles. The minimum atomic E-state index is -4.01. The normalized spacial score (nSPS) is 12.0. The van der Waals surface area contributed by atoms with Crippen LogP contribution < -0.4 is 14.9 Å². The summed E-state index contributed by atoms with van der Waals surface area (Å²) in [5.41, 5.74) is 2.06. The first-order valence-corrected chi connectivity index (χ1v) is 13.1. The Morgan fingerprint density at radius 2 is 1.51 bits per heavy atom. The first-order chi connectivity index (χ1) is 16.8. The fraction of sp³-hybridized carbons (Fsp3) is 0.259. The predicted molar refractivity (Wildman–Crippen MR) is 139 cm³/mol. The van der Waals surface area contributed by atoms with Crippen LogP contribution in [0, 0.1) is 0 Å². The van der Waals surface area contributed by atoms with Crippen molar-refractivity contribution >= 4 is 33.2 Å². The van der Waals surface area contributed by atoms with Crippen LogP contribution in [0.2, 0.25) is 0 Å². The predicted octanol–water partition coefficient (Wildman–Crippen LogP) is 4.61. The van der Waals surface area contributed by atoms with E-state index in [0.717, 1.165) is 22.7 Å². The van der Waals surface area contributed by atoms with Crippen LogP contribution in [0.3, 0.4) is 0 Å². The summed E-state index contributed by atoms with van der Waals surface area (Å²) in [5, 5.41) is 5.61. The van der Waals surface area contributed by atoms with Crippen LogP contribution in [0.4, 0.5) is 11.4 Å². The van der Waals surface area contributed by atoms with Gasteiger partial charge in [0.1, 0.15) is 6.54 Å². The quantitative estimate of drug-likeness (QED) is 0.431. The molecule has 0 bridgehead atoms. The molecule has 3 aromatic rings. The summed E-state index contributed by atoms with van der Waals surface area (Å²) in [6, 6.07) is 21.7. The molecule has 8 heteroatoms. The van der Waals surface area contributed by atoms with Gasteiger partial charge in [-0.3, -0.25) is 13.9 Å². The molecule has 184 valence electrons. The SMILES string of the molecule is CCc1ccc(N(CC(=O)Nc2ccccc2C(=O)N[C@H](C)CC)S(=O)(=O)c2ccccc2)cc1. The van der Waals surface area contributed by atoms with Crippen molar-refractivity contribution < 1.29 is 18.0 Å². The largest absolute Gasteiger partial charge is 0.350 e. The van der Waals surface area contributed by atoms with E-state index in [1.165, 1.54) is 12.1 Å². The maximum Gasteiger partial charge on any atom is 0.264 e. The third kappa shape index (κ3) is 6.48. The van der Waals surface area contributed by atoms with Crippen molar-refractivity contribution in [2.45, 2.75) is 44.6 Å². The number of sulfonamides is 1. The van der Waals surface area contributed by atoms with Gasteiger partial charge in [-0.25, -0.2) is 8.42 Å². The molecule has 1 atom stereocenters. The topological polar surface area (TPSA) is 95.6 Å². The molecule has 3 rings (SSSR count). The monoisotopic (exact) mass is 493 g/mol. The fourth-order valence-corrected chi connectivity index (χ4v) is 4.89. The molecule has 0 aliphatic carbocycles. The van der Waals surface area contributed by atoms with Crippen LogP contribution in [0.1, 0.15) is 43.1 Å². The Bertz CT molecular complexity index is 1260. The van der Waals surface area contributed by atoms with E-state index in [-0.39, 0.29) is 16.8 Å². The van der Waals surface area contributed by atoms with E-state index in [2.05, 4.69) is 10.6 Å². The lowest BCUT2D eigenvalue weighted by molar-refractivity contribution is -0.114. The van der Waals surface area contributed by atoms with Gasteiger partial charge in [0.05, 0.1) is 21.8 Å². The highest BCUT2D eigenvalue weighted by Gasteiger charge is 2.27. The summed E-state index contributed by atoms with van der Waals surface area (Å²) in [5.74, 6) is -0.868. The van der Waals surface area contributed by atoms with E-state index in [9.17, 15) is 18.0 Å². The molecule has 0 unspecified atom stereocenters. The van der Waals surface area contributed by atoms with Crippen molar-refractivity contribution in [3.63, 3.8) is 0 Å². The van der Waals surface area contributed by atoms with E-state index >= 15 is 0 Å². The van der Waals surface area contributed by atoms with Crippen molar-refractivity contribution in [2.24, 2.45) is 0 Å². The first-order valence-electron chi connectivity index (χ1n) is 11.6. The first kappa shape index (κ1) is 26.0. The van der Waals surface area contributed by atoms with Gasteiger partial charge in [-0.05, 0) is 61.7 Å². The lowest BCUT2D eigenvalue weighted by atomic mass is 10.1. The molecule has 0 aliphatic rings. The van der Waals surface area contributed by atoms with Gasteiger partial charge in [-0.1, -0.05) is 56.3 Å². The Hall–Kier alpha value is -3.65. The Balaban J connectivity index is 1.90. The van der Waals surface area contributed by atoms with Gasteiger partial charge < -0.3 is 10.6 Å². The molecule has 0 spiro atoms. The smallest absolute Gasteiger partial charge is 0.264 e. The average Bonchev–Trinajstić information content (AvgIpc) is 2.88. The molecule has 7 nitrogen and oxygen atoms in total. The van der Waals surface area contributed by atoms with Crippen molar-refractivity contribution in [2.75, 3.05) is 16.2 Å². The maximum atomic E-state index is 13.5. The fourth-order valence-electron chi connectivity index (χ4n) is 3.45. The van der Waals surface area contributed by atoms with Gasteiger partial charge in [0.15, 0.2) is 0 Å². The molecule has 3 aromatic carbocycles. The van der Waals surface area contributed by atoms with E-state index in [1.807, 2.05) is 32.9 Å². The Morgan fingerprint density at radius 1 is 0.886 bits per heavy atom. The molecule has 0 saturated heterocycles. The van der Waals surface area contributed by atoms with E-state index in [1.54, 1.807) is 54.6 Å². The zero-order valence-electron chi connectivity index (χ0n) is 20.2. The minimum Gasteiger partial charge on any atom is -0.350 e. The van der Waals surface area contributed by atoms with E-state index < -0.39 is 22.5 Å². The summed E-state index contributed by atoms with van der Waals surface area (Å²) in [6.07, 6.45) is 1.57. The zero-order valence-corrected chi connectivity index (χ0v) is 21.0. The third-order valence-corrected chi connectivity index (χ3v) is 7.47. The maximum absolute atomic E-state index is 13.5. The van der Waals surface area contributed by atoms with Crippen LogP contribution in [0.15, 0.2) is 83.8 Å². The van der Waals surface area contributed by atoms with Crippen LogP contribution in [0.5, 0.6) is 0 Å². The van der Waals surface area contributed by atoms with Crippen molar-refractivity contribution in [3.05, 3.63) is 90.0 Å². The van der Waals surface area contributed by atoms with Crippen molar-refractivity contribution in [1.82, 2.24) is 5.32 Å². The third-order valence-electron chi connectivity index (χ3n) is 5.69. The molecule has 2 N–H and O–H groups in total. The number of benzene rings is 3. The number of anilines is 2. The number of amides is 2. The van der Waals surface area contributed by atoms with E-state index in [0.29, 0.717) is 16.9 Å². The average molecular weight is 494 g/mol. The number of hydrogen-bond donors (Lipinski definition) is 2. The number of carbonyl (C=O) groups excluding carboxylic acids is 2. The summed E-state index contributed by atoms with van der Waals surface area (Å²) >= 11 is 0. The molecule has 0 aromatic heterocycles. The second kappa shape index (κ2) is 11.7. The Morgan fingerprint density at radius 3 is 2.14 bits per heavy atom. The second-order valence-electron chi connectivity index (χ2n) is 8.22. The van der Waals surface area contributed by atoms with Crippen molar-refractivity contribution in [3.8, 4) is 0 Å². The molecule has 0 fully saturated rings. The number of carbonyl (C=O) groups is 2. The lowest BCUT2D eigenvalue weighted by Crippen LogP contribution is -2.38. The van der Waals surface area contributed by atoms with Gasteiger partial charge >= 0.3 is 0 Å². The van der Waals surface area contributed by atoms with Gasteiger partial charge in [0.2, 0.25) is 5.91 Å². The van der Waals surface area contributed by atoms with Crippen LogP contribution >= 0.6 is 0 Å². The van der Waals surface area contributed by atoms with Gasteiger partial charge in [0, 0.05) is 6.04 Å². The summed E-state index contributed by atoms with van der Waals surface area (Å²) in [7, 11) is -4.01. The highest BCUT2D eigenvalue weighted by Crippen LogP contribution is 2.25. The number of nitrogens with one attached hydrogen (secondary N) is 2. The van der Waals surface area contributed by atoms with Crippen molar-refractivity contribution in [1.29, 1.82) is 0 Å². The second-order valence-corrected chi connectivity index (χ2v) is 10.1. The van der Waals surface area contributed by atoms with Gasteiger partial charge in [-0.2, -0.15) is 0 Å². The minimum absolute atomic E-state index is 0.0242. The highest BCUT2D eigenvalue weighted by atomic mass is 32.2. The zero-order chi connectivity index (χ0) is 25.4. The summed E-state index contributed by atoms with van der Waals surface area (Å²) in [6.45, 7) is 5.42. The molecule has 35 heavy (non-hydrogen) atoms. The lowest BCUT2D eigenvalue weighted by Gasteiger charge is -2.24. The van der Waals surface area contributed by atoms with Crippen LogP contribution in [-0.2, 0) is 21.2 Å². The molecule has 0 radical (unpaired) electrons. The summed E-state index contributed by atoms with van der Waals surface area (Å²) < 4.78 is 28.1. The standard InChI is InChI=1S/C27H31N3O4S/c1-4-20(3)28-27(32)24-13-9-10-14-25(24)29-26(31)19-30(22-17-15-21(5-2)16-18-22)35(33,34)23-11-7-6-8-12-23/h6-18,20H,4-5,19H2,1-3H3,(H,28,32)(H,29,31)/t20-/m1/s1. The molecular weight excluding hydrogens is 462 g/mol. The number of para-hydroxylation sites is 1. The van der Waals surface area contributed by atoms with E-state index in [4.69, 9.17) is 0 Å². The number of aryl methyl sites for hydroxylation is 1.